The number of carbonyl (C=O) groups excluding carboxylic acids is 1. The monoisotopic (exact) mass is 293 g/mol. The van der Waals surface area contributed by atoms with Crippen LogP contribution in [0, 0.1) is 0 Å². The highest BCUT2D eigenvalue weighted by molar-refractivity contribution is 7.13. The summed E-state index contributed by atoms with van der Waals surface area (Å²) < 4.78 is 0. The number of hydrogen-bond donors (Lipinski definition) is 1. The first-order valence-corrected chi connectivity index (χ1v) is 7.38. The summed E-state index contributed by atoms with van der Waals surface area (Å²) in [6.07, 6.45) is 1.17. The van der Waals surface area contributed by atoms with Crippen molar-refractivity contribution in [3.63, 3.8) is 0 Å². The van der Waals surface area contributed by atoms with Crippen LogP contribution in [0.3, 0.4) is 0 Å². The van der Waals surface area contributed by atoms with E-state index >= 15 is 0 Å². The molecule has 0 bridgehead atoms. The molecule has 0 aromatic carbocycles. The van der Waals surface area contributed by atoms with E-state index in [1.807, 2.05) is 17.5 Å². The molecule has 0 aliphatic carbocycles. The highest BCUT2D eigenvalue weighted by Gasteiger charge is 2.22. The lowest BCUT2D eigenvalue weighted by molar-refractivity contribution is -0.135. The van der Waals surface area contributed by atoms with Gasteiger partial charge in [-0.1, -0.05) is 6.07 Å². The van der Waals surface area contributed by atoms with Crippen molar-refractivity contribution in [3.8, 4) is 10.7 Å². The number of tetrazole rings is 1. The molecule has 3 rings (SSSR count). The Morgan fingerprint density at radius 2 is 2.45 bits per heavy atom. The maximum Gasteiger partial charge on any atom is 0.246 e. The summed E-state index contributed by atoms with van der Waals surface area (Å²) in [5.74, 6) is 0.449. The molecule has 106 valence electrons. The summed E-state index contributed by atoms with van der Waals surface area (Å²) in [5.41, 5.74) is 0. The molecule has 1 aliphatic rings. The van der Waals surface area contributed by atoms with Crippen LogP contribution in [0.15, 0.2) is 17.5 Å². The van der Waals surface area contributed by atoms with E-state index in [2.05, 4.69) is 15.4 Å². The van der Waals surface area contributed by atoms with Crippen molar-refractivity contribution < 1.29 is 9.90 Å². The van der Waals surface area contributed by atoms with Crippen LogP contribution in [0.25, 0.3) is 10.7 Å². The van der Waals surface area contributed by atoms with Gasteiger partial charge in [0.25, 0.3) is 0 Å². The lowest BCUT2D eigenvalue weighted by Gasteiger charge is -2.29. The minimum atomic E-state index is -0.418. The topological polar surface area (TPSA) is 84.1 Å². The molecule has 1 fully saturated rings. The lowest BCUT2D eigenvalue weighted by Crippen LogP contribution is -2.43. The number of rotatable bonds is 3. The number of carbonyl (C=O) groups is 1. The van der Waals surface area contributed by atoms with Gasteiger partial charge in [-0.2, -0.15) is 4.80 Å². The molecule has 8 heteroatoms. The van der Waals surface area contributed by atoms with Crippen LogP contribution in [0.4, 0.5) is 0 Å². The fraction of sp³-hybridized carbons (Fsp3) is 0.500. The van der Waals surface area contributed by atoms with E-state index in [4.69, 9.17) is 0 Å². The van der Waals surface area contributed by atoms with Gasteiger partial charge in [-0.3, -0.25) is 4.79 Å². The Bertz CT molecular complexity index is 582. The van der Waals surface area contributed by atoms with Gasteiger partial charge < -0.3 is 10.0 Å². The summed E-state index contributed by atoms with van der Waals surface area (Å²) in [6.45, 7) is 1.14. The minimum absolute atomic E-state index is 0.0606. The number of aliphatic hydroxyl groups excluding tert-OH is 1. The Kier molecular flexibility index (Phi) is 3.75. The van der Waals surface area contributed by atoms with Crippen LogP contribution in [-0.2, 0) is 11.3 Å². The van der Waals surface area contributed by atoms with E-state index in [-0.39, 0.29) is 12.5 Å². The van der Waals surface area contributed by atoms with Crippen LogP contribution >= 0.6 is 11.3 Å². The van der Waals surface area contributed by atoms with Gasteiger partial charge in [0.2, 0.25) is 11.7 Å². The number of hydrogen-bond acceptors (Lipinski definition) is 6. The minimum Gasteiger partial charge on any atom is -0.391 e. The smallest absolute Gasteiger partial charge is 0.246 e. The third-order valence-electron chi connectivity index (χ3n) is 3.22. The van der Waals surface area contributed by atoms with E-state index in [0.29, 0.717) is 18.9 Å². The number of nitrogens with zero attached hydrogens (tertiary/aromatic N) is 5. The Hall–Kier alpha value is -1.80. The number of piperidine rings is 1. The highest BCUT2D eigenvalue weighted by Crippen LogP contribution is 2.19. The van der Waals surface area contributed by atoms with Crippen LogP contribution < -0.4 is 0 Å². The molecule has 3 heterocycles. The standard InChI is InChI=1S/C12H15N5O2S/c18-9-3-1-5-16(7-9)11(19)8-17-14-12(13-15-17)10-4-2-6-20-10/h2,4,6,9,18H,1,3,5,7-8H2/t9-/m0/s1. The van der Waals surface area contributed by atoms with Crippen LogP contribution in [0.2, 0.25) is 0 Å². The molecule has 7 nitrogen and oxygen atoms in total. The summed E-state index contributed by atoms with van der Waals surface area (Å²) in [7, 11) is 0. The predicted molar refractivity (Wildman–Crippen MR) is 73.0 cm³/mol. The van der Waals surface area contributed by atoms with Crippen molar-refractivity contribution in [1.82, 2.24) is 25.1 Å². The van der Waals surface area contributed by atoms with Gasteiger partial charge in [0, 0.05) is 13.1 Å². The van der Waals surface area contributed by atoms with Crippen molar-refractivity contribution in [1.29, 1.82) is 0 Å². The molecule has 1 atom stereocenters. The number of thiophene rings is 1. The van der Waals surface area contributed by atoms with Crippen molar-refractivity contribution in [3.05, 3.63) is 17.5 Å². The molecule has 0 spiro atoms. The second kappa shape index (κ2) is 5.68. The second-order valence-corrected chi connectivity index (χ2v) is 5.70. The average Bonchev–Trinajstić information content (AvgIpc) is 3.08. The van der Waals surface area contributed by atoms with Crippen molar-refractivity contribution in [2.75, 3.05) is 13.1 Å². The third-order valence-corrected chi connectivity index (χ3v) is 4.09. The second-order valence-electron chi connectivity index (χ2n) is 4.76. The van der Waals surface area contributed by atoms with E-state index in [9.17, 15) is 9.90 Å². The first-order chi connectivity index (χ1) is 9.72. The molecule has 0 radical (unpaired) electrons. The molecule has 1 amide bonds. The number of amides is 1. The molecule has 0 unspecified atom stereocenters. The number of aromatic nitrogens is 4. The SMILES string of the molecule is O=C(Cn1nnc(-c2cccs2)n1)N1CCC[C@H](O)C1. The molecule has 1 saturated heterocycles. The molecule has 2 aromatic heterocycles. The van der Waals surface area contributed by atoms with Gasteiger partial charge in [0.1, 0.15) is 6.54 Å². The molecule has 1 aliphatic heterocycles. The molecule has 0 saturated carbocycles. The average molecular weight is 293 g/mol. The molecular weight excluding hydrogens is 278 g/mol. The Morgan fingerprint density at radius 1 is 1.55 bits per heavy atom. The van der Waals surface area contributed by atoms with Gasteiger partial charge in [-0.25, -0.2) is 0 Å². The molecule has 2 aromatic rings. The zero-order chi connectivity index (χ0) is 13.9. The highest BCUT2D eigenvalue weighted by atomic mass is 32.1. The van der Waals surface area contributed by atoms with Crippen LogP contribution in [0.1, 0.15) is 12.8 Å². The van der Waals surface area contributed by atoms with Gasteiger partial charge in [-0.05, 0) is 29.5 Å². The largest absolute Gasteiger partial charge is 0.391 e. The van der Waals surface area contributed by atoms with E-state index in [1.54, 1.807) is 4.90 Å². The van der Waals surface area contributed by atoms with E-state index < -0.39 is 6.10 Å². The molecule has 1 N–H and O–H groups in total. The molecular formula is C12H15N5O2S. The predicted octanol–water partition coefficient (Wildman–Crippen LogP) is 0.385. The maximum atomic E-state index is 12.1. The summed E-state index contributed by atoms with van der Waals surface area (Å²) in [4.78, 5) is 16.0. The Labute approximate surface area is 119 Å². The van der Waals surface area contributed by atoms with Crippen LogP contribution in [-0.4, -0.2) is 55.3 Å². The van der Waals surface area contributed by atoms with Gasteiger partial charge in [0.05, 0.1) is 11.0 Å². The Morgan fingerprint density at radius 3 is 3.20 bits per heavy atom. The lowest BCUT2D eigenvalue weighted by atomic mass is 10.1. The zero-order valence-electron chi connectivity index (χ0n) is 10.8. The van der Waals surface area contributed by atoms with Crippen LogP contribution in [0.5, 0.6) is 0 Å². The number of β-amino-alcohol motifs (C(OH)–C–C–N with tert-alkyl or cyclic N) is 1. The van der Waals surface area contributed by atoms with Crippen molar-refractivity contribution in [2.24, 2.45) is 0 Å². The maximum absolute atomic E-state index is 12.1. The normalized spacial score (nSPS) is 19.2. The summed E-state index contributed by atoms with van der Waals surface area (Å²) in [6, 6.07) is 3.83. The fourth-order valence-corrected chi connectivity index (χ4v) is 2.86. The first kappa shape index (κ1) is 13.2. The zero-order valence-corrected chi connectivity index (χ0v) is 11.7. The quantitative estimate of drug-likeness (QED) is 0.884. The summed E-state index contributed by atoms with van der Waals surface area (Å²) >= 11 is 1.53. The number of likely N-dealkylation sites (tertiary alicyclic amines) is 1. The number of aliphatic hydroxyl groups is 1. The Balaban J connectivity index is 1.64. The molecule has 20 heavy (non-hydrogen) atoms. The summed E-state index contributed by atoms with van der Waals surface area (Å²) in [5, 5.41) is 23.6. The van der Waals surface area contributed by atoms with E-state index in [1.165, 1.54) is 16.1 Å². The van der Waals surface area contributed by atoms with Gasteiger partial charge in [-0.15, -0.1) is 21.5 Å². The van der Waals surface area contributed by atoms with Gasteiger partial charge in [0.15, 0.2) is 0 Å². The van der Waals surface area contributed by atoms with Crippen molar-refractivity contribution in [2.45, 2.75) is 25.5 Å². The van der Waals surface area contributed by atoms with E-state index in [0.717, 1.165) is 17.7 Å². The first-order valence-electron chi connectivity index (χ1n) is 6.50. The fourth-order valence-electron chi connectivity index (χ4n) is 2.22. The van der Waals surface area contributed by atoms with Crippen molar-refractivity contribution >= 4 is 17.2 Å². The third kappa shape index (κ3) is 2.86. The van der Waals surface area contributed by atoms with Gasteiger partial charge >= 0.3 is 0 Å².